The van der Waals surface area contributed by atoms with E-state index in [2.05, 4.69) is 10.3 Å². The highest BCUT2D eigenvalue weighted by Crippen LogP contribution is 2.38. The maximum absolute atomic E-state index is 13.1. The van der Waals surface area contributed by atoms with Crippen LogP contribution in [0.1, 0.15) is 26.8 Å². The number of carbonyl (C=O) groups is 1. The second-order valence-electron chi connectivity index (χ2n) is 5.82. The largest absolute Gasteiger partial charge is 0.446 e. The first-order chi connectivity index (χ1) is 13.6. The quantitative estimate of drug-likeness (QED) is 0.343. The highest BCUT2D eigenvalue weighted by molar-refractivity contribution is 8.00. The average molecular weight is 444 g/mol. The number of nitrogens with one attached hydrogen (secondary N) is 1. The number of hydrogen-bond donors (Lipinski definition) is 1. The Morgan fingerprint density at radius 2 is 1.76 bits per heavy atom. The van der Waals surface area contributed by atoms with Gasteiger partial charge >= 0.3 is 5.51 Å². The smallest absolute Gasteiger partial charge is 0.321 e. The normalized spacial score (nSPS) is 11.7. The molecule has 1 heterocycles. The van der Waals surface area contributed by atoms with Gasteiger partial charge in [0, 0.05) is 16.1 Å². The summed E-state index contributed by atoms with van der Waals surface area (Å²) >= 11 is 0.643. The van der Waals surface area contributed by atoms with Gasteiger partial charge in [-0.05, 0) is 42.4 Å². The number of aromatic nitrogens is 1. The zero-order valence-electron chi connectivity index (χ0n) is 14.8. The van der Waals surface area contributed by atoms with E-state index in [4.69, 9.17) is 0 Å². The number of benzene rings is 2. The van der Waals surface area contributed by atoms with Gasteiger partial charge in [-0.15, -0.1) is 11.3 Å². The minimum atomic E-state index is -4.39. The maximum atomic E-state index is 13.1. The zero-order valence-corrected chi connectivity index (χ0v) is 16.4. The summed E-state index contributed by atoms with van der Waals surface area (Å²) in [6.45, 7) is 1.53. The summed E-state index contributed by atoms with van der Waals surface area (Å²) in [6, 6.07) is 12.3. The number of anilines is 1. The fraction of sp³-hybridized carbons (Fsp3) is 0.158. The third-order valence-electron chi connectivity index (χ3n) is 3.75. The number of alkyl halides is 5. The van der Waals surface area contributed by atoms with Crippen LogP contribution >= 0.6 is 23.1 Å². The molecule has 3 rings (SSSR count). The highest BCUT2D eigenvalue weighted by Gasteiger charge is 2.29. The monoisotopic (exact) mass is 444 g/mol. The Kier molecular flexibility index (Phi) is 6.23. The lowest BCUT2D eigenvalue weighted by Gasteiger charge is -2.12. The molecule has 3 aromatic rings. The molecular formula is C19H13F5N2OS2. The van der Waals surface area contributed by atoms with Crippen molar-refractivity contribution in [1.82, 2.24) is 4.98 Å². The minimum absolute atomic E-state index is 0.0319. The van der Waals surface area contributed by atoms with Crippen LogP contribution in [0.3, 0.4) is 0 Å². The summed E-state index contributed by atoms with van der Waals surface area (Å²) in [5, 5.41) is 2.94. The van der Waals surface area contributed by atoms with Crippen LogP contribution in [0.5, 0.6) is 0 Å². The number of para-hydroxylation sites is 1. The van der Waals surface area contributed by atoms with Crippen LogP contribution in [0.25, 0.3) is 11.1 Å². The van der Waals surface area contributed by atoms with E-state index in [-0.39, 0.29) is 21.5 Å². The Morgan fingerprint density at radius 1 is 1.10 bits per heavy atom. The molecule has 0 aliphatic rings. The van der Waals surface area contributed by atoms with E-state index in [1.54, 1.807) is 24.3 Å². The predicted octanol–water partition coefficient (Wildman–Crippen LogP) is 6.92. The Bertz CT molecular complexity index is 1020. The first-order valence-electron chi connectivity index (χ1n) is 8.16. The standard InChI is InChI=1S/C19H13F5N2OS2/c1-10-25-15(17(20)21)16(28-10)18(27)26-14-5-3-2-4-13(14)11-6-8-12(9-7-11)29-19(22,23)24/h2-9,17H,1H3,(H,26,27). The van der Waals surface area contributed by atoms with Crippen molar-refractivity contribution in [3.05, 3.63) is 64.1 Å². The molecule has 0 unspecified atom stereocenters. The van der Waals surface area contributed by atoms with Gasteiger partial charge in [-0.25, -0.2) is 13.8 Å². The molecule has 0 aliphatic carbocycles. The van der Waals surface area contributed by atoms with Gasteiger partial charge < -0.3 is 5.32 Å². The number of nitrogens with zero attached hydrogens (tertiary/aromatic N) is 1. The van der Waals surface area contributed by atoms with Crippen molar-refractivity contribution in [2.75, 3.05) is 5.32 Å². The van der Waals surface area contributed by atoms with Gasteiger partial charge in [-0.1, -0.05) is 30.3 Å². The molecule has 0 spiro atoms. The number of thioether (sulfide) groups is 1. The topological polar surface area (TPSA) is 42.0 Å². The molecule has 29 heavy (non-hydrogen) atoms. The van der Waals surface area contributed by atoms with E-state index in [0.717, 1.165) is 11.3 Å². The number of carbonyl (C=O) groups excluding carboxylic acids is 1. The lowest BCUT2D eigenvalue weighted by molar-refractivity contribution is -0.0328. The van der Waals surface area contributed by atoms with Crippen molar-refractivity contribution in [2.45, 2.75) is 23.8 Å². The molecule has 0 saturated carbocycles. The molecular weight excluding hydrogens is 431 g/mol. The number of amides is 1. The van der Waals surface area contributed by atoms with Crippen molar-refractivity contribution >= 4 is 34.7 Å². The van der Waals surface area contributed by atoms with Crippen LogP contribution in [0.2, 0.25) is 0 Å². The molecule has 2 aromatic carbocycles. The molecule has 10 heteroatoms. The van der Waals surface area contributed by atoms with E-state index >= 15 is 0 Å². The lowest BCUT2D eigenvalue weighted by atomic mass is 10.0. The van der Waals surface area contributed by atoms with Crippen molar-refractivity contribution in [2.24, 2.45) is 0 Å². The number of halogens is 5. The van der Waals surface area contributed by atoms with Gasteiger partial charge in [0.05, 0.1) is 5.01 Å². The molecule has 1 N–H and O–H groups in total. The van der Waals surface area contributed by atoms with Gasteiger partial charge in [0.1, 0.15) is 10.6 Å². The van der Waals surface area contributed by atoms with Crippen LogP contribution in [-0.2, 0) is 0 Å². The number of rotatable bonds is 5. The molecule has 0 fully saturated rings. The van der Waals surface area contributed by atoms with Crippen LogP contribution in [-0.4, -0.2) is 16.4 Å². The molecule has 1 amide bonds. The summed E-state index contributed by atoms with van der Waals surface area (Å²) in [4.78, 5) is 16.1. The fourth-order valence-electron chi connectivity index (χ4n) is 2.61. The van der Waals surface area contributed by atoms with Gasteiger partial charge in [0.15, 0.2) is 0 Å². The molecule has 1 aromatic heterocycles. The fourth-order valence-corrected chi connectivity index (χ4v) is 3.97. The van der Waals surface area contributed by atoms with E-state index in [0.29, 0.717) is 21.8 Å². The Hall–Kier alpha value is -2.46. The number of hydrogen-bond acceptors (Lipinski definition) is 4. The highest BCUT2D eigenvalue weighted by atomic mass is 32.2. The summed E-state index contributed by atoms with van der Waals surface area (Å²) in [7, 11) is 0. The lowest BCUT2D eigenvalue weighted by Crippen LogP contribution is -2.13. The molecule has 0 saturated heterocycles. The van der Waals surface area contributed by atoms with Gasteiger partial charge in [0.2, 0.25) is 0 Å². The Balaban J connectivity index is 1.87. The van der Waals surface area contributed by atoms with Gasteiger partial charge in [-0.3, -0.25) is 4.79 Å². The minimum Gasteiger partial charge on any atom is -0.321 e. The second kappa shape index (κ2) is 8.50. The van der Waals surface area contributed by atoms with Crippen LogP contribution in [0.15, 0.2) is 53.4 Å². The number of thiazole rings is 1. The maximum Gasteiger partial charge on any atom is 0.446 e. The molecule has 0 radical (unpaired) electrons. The Morgan fingerprint density at radius 3 is 2.38 bits per heavy atom. The number of aryl methyl sites for hydroxylation is 1. The van der Waals surface area contributed by atoms with Crippen molar-refractivity contribution in [3.63, 3.8) is 0 Å². The van der Waals surface area contributed by atoms with Crippen molar-refractivity contribution in [1.29, 1.82) is 0 Å². The van der Waals surface area contributed by atoms with E-state index in [9.17, 15) is 26.7 Å². The summed E-state index contributed by atoms with van der Waals surface area (Å²) in [5.41, 5.74) is -3.50. The zero-order chi connectivity index (χ0) is 21.2. The Labute approximate surface area is 171 Å². The predicted molar refractivity (Wildman–Crippen MR) is 104 cm³/mol. The van der Waals surface area contributed by atoms with Crippen LogP contribution in [0.4, 0.5) is 27.6 Å². The SMILES string of the molecule is Cc1nc(C(F)F)c(C(=O)Nc2ccccc2-c2ccc(SC(F)(F)F)cc2)s1. The first kappa shape index (κ1) is 21.3. The summed E-state index contributed by atoms with van der Waals surface area (Å²) in [5.74, 6) is -0.720. The first-order valence-corrected chi connectivity index (χ1v) is 9.79. The second-order valence-corrected chi connectivity index (χ2v) is 8.16. The van der Waals surface area contributed by atoms with Gasteiger partial charge in [-0.2, -0.15) is 13.2 Å². The molecule has 0 aliphatic heterocycles. The third-order valence-corrected chi connectivity index (χ3v) is 5.47. The van der Waals surface area contributed by atoms with E-state index in [1.165, 1.54) is 31.2 Å². The van der Waals surface area contributed by atoms with Crippen molar-refractivity contribution < 1.29 is 26.7 Å². The average Bonchev–Trinajstić information content (AvgIpc) is 3.04. The van der Waals surface area contributed by atoms with Crippen LogP contribution in [0, 0.1) is 6.92 Å². The summed E-state index contributed by atoms with van der Waals surface area (Å²) < 4.78 is 63.7. The third kappa shape index (κ3) is 5.33. The van der Waals surface area contributed by atoms with E-state index in [1.807, 2.05) is 0 Å². The van der Waals surface area contributed by atoms with Crippen LogP contribution < -0.4 is 5.32 Å². The molecule has 0 bridgehead atoms. The van der Waals surface area contributed by atoms with E-state index < -0.39 is 23.5 Å². The molecule has 3 nitrogen and oxygen atoms in total. The van der Waals surface area contributed by atoms with Crippen molar-refractivity contribution in [3.8, 4) is 11.1 Å². The van der Waals surface area contributed by atoms with Gasteiger partial charge in [0.25, 0.3) is 12.3 Å². The molecule has 152 valence electrons. The molecule has 0 atom stereocenters. The summed E-state index contributed by atoms with van der Waals surface area (Å²) in [6.07, 6.45) is -2.88.